The van der Waals surface area contributed by atoms with Crippen LogP contribution < -0.4 is 9.80 Å². The van der Waals surface area contributed by atoms with E-state index < -0.39 is 5.97 Å². The summed E-state index contributed by atoms with van der Waals surface area (Å²) >= 11 is 0. The standard InChI is InChI=1S/C18H18FN5O3/c1-2-26-18(25)15-14-16(20-11-21-17(14)27-22-15)24-9-7-23(8-10-24)13-6-4-3-5-12(13)19/h3-6,11H,2,7-10H2,1H3. The molecule has 3 aromatic rings. The van der Waals surface area contributed by atoms with Crippen LogP contribution in [0.3, 0.4) is 0 Å². The summed E-state index contributed by atoms with van der Waals surface area (Å²) in [5.41, 5.74) is 0.890. The largest absolute Gasteiger partial charge is 0.461 e. The fourth-order valence-electron chi connectivity index (χ4n) is 3.22. The predicted octanol–water partition coefficient (Wildman–Crippen LogP) is 2.26. The van der Waals surface area contributed by atoms with Gasteiger partial charge in [0, 0.05) is 26.2 Å². The Morgan fingerprint density at radius 2 is 1.93 bits per heavy atom. The number of rotatable bonds is 4. The van der Waals surface area contributed by atoms with Crippen LogP contribution in [-0.4, -0.2) is 53.9 Å². The summed E-state index contributed by atoms with van der Waals surface area (Å²) in [7, 11) is 0. The lowest BCUT2D eigenvalue weighted by Crippen LogP contribution is -2.47. The highest BCUT2D eigenvalue weighted by Gasteiger charge is 2.27. The van der Waals surface area contributed by atoms with Gasteiger partial charge in [0.25, 0.3) is 5.71 Å². The molecule has 0 radical (unpaired) electrons. The average molecular weight is 371 g/mol. The Labute approximate surface area is 154 Å². The molecule has 0 aliphatic carbocycles. The van der Waals surface area contributed by atoms with E-state index in [1.54, 1.807) is 19.1 Å². The fourth-order valence-corrected chi connectivity index (χ4v) is 3.22. The third-order valence-corrected chi connectivity index (χ3v) is 4.49. The highest BCUT2D eigenvalue weighted by molar-refractivity contribution is 6.04. The number of carbonyl (C=O) groups is 1. The molecule has 1 aliphatic rings. The van der Waals surface area contributed by atoms with Crippen LogP contribution in [0.5, 0.6) is 0 Å². The van der Waals surface area contributed by atoms with Crippen molar-refractivity contribution >= 4 is 28.6 Å². The Kier molecular flexibility index (Phi) is 4.57. The third-order valence-electron chi connectivity index (χ3n) is 4.49. The molecule has 0 saturated carbocycles. The maximum absolute atomic E-state index is 14.0. The number of fused-ring (bicyclic) bond motifs is 1. The van der Waals surface area contributed by atoms with Gasteiger partial charge in [-0.15, -0.1) is 0 Å². The monoisotopic (exact) mass is 371 g/mol. The van der Waals surface area contributed by atoms with Crippen molar-refractivity contribution in [3.63, 3.8) is 0 Å². The molecule has 140 valence electrons. The van der Waals surface area contributed by atoms with Gasteiger partial charge in [-0.2, -0.15) is 4.98 Å². The molecule has 3 heterocycles. The first-order valence-electron chi connectivity index (χ1n) is 8.71. The molecule has 0 atom stereocenters. The highest BCUT2D eigenvalue weighted by atomic mass is 19.1. The number of hydrogen-bond acceptors (Lipinski definition) is 8. The number of esters is 1. The second-order valence-corrected chi connectivity index (χ2v) is 6.05. The molecule has 1 fully saturated rings. The van der Waals surface area contributed by atoms with E-state index in [4.69, 9.17) is 9.26 Å². The Morgan fingerprint density at radius 1 is 1.19 bits per heavy atom. The van der Waals surface area contributed by atoms with E-state index in [1.807, 2.05) is 15.9 Å². The first kappa shape index (κ1) is 17.2. The van der Waals surface area contributed by atoms with Gasteiger partial charge in [0.2, 0.25) is 5.69 Å². The molecule has 0 bridgehead atoms. The number of para-hydroxylation sites is 1. The molecule has 9 heteroatoms. The van der Waals surface area contributed by atoms with E-state index in [1.165, 1.54) is 12.4 Å². The molecule has 0 spiro atoms. The number of carbonyl (C=O) groups excluding carboxylic acids is 1. The minimum Gasteiger partial charge on any atom is -0.461 e. The predicted molar refractivity (Wildman–Crippen MR) is 96.4 cm³/mol. The SMILES string of the molecule is CCOC(=O)c1noc2ncnc(N3CCN(c4ccccc4F)CC3)c12. The number of piperazine rings is 1. The van der Waals surface area contributed by atoms with E-state index in [9.17, 15) is 9.18 Å². The van der Waals surface area contributed by atoms with Gasteiger partial charge in [0.05, 0.1) is 12.3 Å². The number of benzene rings is 1. The lowest BCUT2D eigenvalue weighted by molar-refractivity contribution is 0.0517. The zero-order chi connectivity index (χ0) is 18.8. The minimum absolute atomic E-state index is 0.0685. The zero-order valence-electron chi connectivity index (χ0n) is 14.8. The van der Waals surface area contributed by atoms with Crippen molar-refractivity contribution in [2.45, 2.75) is 6.92 Å². The van der Waals surface area contributed by atoms with Crippen LogP contribution >= 0.6 is 0 Å². The van der Waals surface area contributed by atoms with Gasteiger partial charge in [-0.1, -0.05) is 17.3 Å². The Morgan fingerprint density at radius 3 is 2.67 bits per heavy atom. The molecule has 0 unspecified atom stereocenters. The van der Waals surface area contributed by atoms with Crippen molar-refractivity contribution in [3.05, 3.63) is 42.1 Å². The van der Waals surface area contributed by atoms with Crippen LogP contribution in [0, 0.1) is 5.82 Å². The van der Waals surface area contributed by atoms with Crippen LogP contribution in [-0.2, 0) is 4.74 Å². The summed E-state index contributed by atoms with van der Waals surface area (Å²) in [5.74, 6) is -0.242. The summed E-state index contributed by atoms with van der Waals surface area (Å²) < 4.78 is 24.2. The van der Waals surface area contributed by atoms with Gasteiger partial charge in [0.15, 0.2) is 0 Å². The number of nitrogens with zero attached hydrogens (tertiary/aromatic N) is 5. The normalized spacial score (nSPS) is 14.6. The van der Waals surface area contributed by atoms with E-state index in [-0.39, 0.29) is 23.8 Å². The first-order chi connectivity index (χ1) is 13.2. The van der Waals surface area contributed by atoms with Crippen molar-refractivity contribution in [1.29, 1.82) is 0 Å². The molecular formula is C18H18FN5O3. The zero-order valence-corrected chi connectivity index (χ0v) is 14.8. The molecule has 1 saturated heterocycles. The maximum Gasteiger partial charge on any atom is 0.361 e. The summed E-state index contributed by atoms with van der Waals surface area (Å²) in [6.45, 7) is 4.40. The van der Waals surface area contributed by atoms with Crippen LogP contribution in [0.1, 0.15) is 17.4 Å². The molecule has 2 aromatic heterocycles. The minimum atomic E-state index is -0.572. The fraction of sp³-hybridized carbons (Fsp3) is 0.333. The van der Waals surface area contributed by atoms with Crippen molar-refractivity contribution < 1.29 is 18.4 Å². The van der Waals surface area contributed by atoms with E-state index >= 15 is 0 Å². The number of anilines is 2. The summed E-state index contributed by atoms with van der Waals surface area (Å²) in [4.78, 5) is 24.5. The van der Waals surface area contributed by atoms with Crippen LogP contribution in [0.2, 0.25) is 0 Å². The lowest BCUT2D eigenvalue weighted by atomic mass is 10.2. The van der Waals surface area contributed by atoms with Gasteiger partial charge in [0.1, 0.15) is 23.3 Å². The van der Waals surface area contributed by atoms with Crippen LogP contribution in [0.15, 0.2) is 35.1 Å². The average Bonchev–Trinajstić information content (AvgIpc) is 3.13. The Bertz CT molecular complexity index is 969. The van der Waals surface area contributed by atoms with Gasteiger partial charge in [-0.3, -0.25) is 0 Å². The maximum atomic E-state index is 14.0. The molecule has 0 N–H and O–H groups in total. The molecule has 0 amide bonds. The summed E-state index contributed by atoms with van der Waals surface area (Å²) in [6.07, 6.45) is 1.38. The van der Waals surface area contributed by atoms with Crippen molar-refractivity contribution in [3.8, 4) is 0 Å². The molecule has 1 aliphatic heterocycles. The van der Waals surface area contributed by atoms with Crippen LogP contribution in [0.4, 0.5) is 15.9 Å². The van der Waals surface area contributed by atoms with Gasteiger partial charge in [-0.25, -0.2) is 14.2 Å². The third kappa shape index (κ3) is 3.16. The van der Waals surface area contributed by atoms with Crippen molar-refractivity contribution in [2.75, 3.05) is 42.6 Å². The number of aromatic nitrogens is 3. The Balaban J connectivity index is 1.60. The summed E-state index contributed by atoms with van der Waals surface area (Å²) in [6, 6.07) is 6.72. The second-order valence-electron chi connectivity index (χ2n) is 6.05. The first-order valence-corrected chi connectivity index (χ1v) is 8.71. The van der Waals surface area contributed by atoms with E-state index in [0.29, 0.717) is 43.1 Å². The van der Waals surface area contributed by atoms with E-state index in [2.05, 4.69) is 15.1 Å². The lowest BCUT2D eigenvalue weighted by Gasteiger charge is -2.36. The molecule has 1 aromatic carbocycles. The van der Waals surface area contributed by atoms with Crippen LogP contribution in [0.25, 0.3) is 11.1 Å². The highest BCUT2D eigenvalue weighted by Crippen LogP contribution is 2.29. The Hall–Kier alpha value is -3.23. The number of hydrogen-bond donors (Lipinski definition) is 0. The smallest absolute Gasteiger partial charge is 0.361 e. The van der Waals surface area contributed by atoms with Gasteiger partial charge < -0.3 is 19.1 Å². The van der Waals surface area contributed by atoms with Crippen molar-refractivity contribution in [2.24, 2.45) is 0 Å². The molecule has 8 nitrogen and oxygen atoms in total. The quantitative estimate of drug-likeness (QED) is 0.646. The second kappa shape index (κ2) is 7.18. The molecule has 27 heavy (non-hydrogen) atoms. The van der Waals surface area contributed by atoms with E-state index in [0.717, 1.165) is 0 Å². The van der Waals surface area contributed by atoms with Crippen molar-refractivity contribution in [1.82, 2.24) is 15.1 Å². The number of ether oxygens (including phenoxy) is 1. The van der Waals surface area contributed by atoms with Gasteiger partial charge >= 0.3 is 5.97 Å². The number of halogens is 1. The topological polar surface area (TPSA) is 84.6 Å². The molecule has 4 rings (SSSR count). The summed E-state index contributed by atoms with van der Waals surface area (Å²) in [5, 5.41) is 4.24. The molecular weight excluding hydrogens is 353 g/mol. The van der Waals surface area contributed by atoms with Gasteiger partial charge in [-0.05, 0) is 19.1 Å².